The average molecular weight is 348 g/mol. The lowest BCUT2D eigenvalue weighted by molar-refractivity contribution is -0.143. The highest BCUT2D eigenvalue weighted by Crippen LogP contribution is 2.18. The third kappa shape index (κ3) is 5.20. The smallest absolute Gasteiger partial charge is 0.306 e. The Kier molecular flexibility index (Phi) is 6.80. The lowest BCUT2D eigenvalue weighted by Gasteiger charge is -2.32. The molecule has 136 valence electrons. The monoisotopic (exact) mass is 348 g/mol. The molecular weight excluding hydrogens is 324 g/mol. The van der Waals surface area contributed by atoms with Crippen molar-refractivity contribution in [3.8, 4) is 5.75 Å². The molecule has 0 aromatic heterocycles. The Bertz CT molecular complexity index is 624. The molecule has 1 heterocycles. The van der Waals surface area contributed by atoms with Crippen LogP contribution in [0.1, 0.15) is 36.0 Å². The lowest BCUT2D eigenvalue weighted by atomic mass is 10.0. The highest BCUT2D eigenvalue weighted by molar-refractivity contribution is 5.97. The first kappa shape index (κ1) is 18.8. The van der Waals surface area contributed by atoms with Crippen LogP contribution in [0.4, 0.5) is 0 Å². The van der Waals surface area contributed by atoms with E-state index in [4.69, 9.17) is 4.74 Å². The number of ether oxygens (including phenoxy) is 2. The average Bonchev–Trinajstić information content (AvgIpc) is 2.66. The summed E-state index contributed by atoms with van der Waals surface area (Å²) < 4.78 is 9.75. The van der Waals surface area contributed by atoms with Crippen LogP contribution in [0.2, 0.25) is 0 Å². The molecule has 1 aromatic rings. The molecule has 0 atom stereocenters. The number of nitrogens with zero attached hydrogens (tertiary/aromatic N) is 1. The van der Waals surface area contributed by atoms with Gasteiger partial charge in [-0.15, -0.1) is 0 Å². The van der Waals surface area contributed by atoms with Crippen LogP contribution >= 0.6 is 0 Å². The van der Waals surface area contributed by atoms with E-state index in [1.54, 1.807) is 23.1 Å². The number of likely N-dealkylation sites (tertiary alicyclic amines) is 1. The van der Waals surface area contributed by atoms with Crippen molar-refractivity contribution in [2.45, 2.75) is 31.7 Å². The van der Waals surface area contributed by atoms with E-state index >= 15 is 0 Å². The van der Waals surface area contributed by atoms with E-state index in [-0.39, 0.29) is 36.7 Å². The number of piperidine rings is 1. The van der Waals surface area contributed by atoms with E-state index in [9.17, 15) is 14.4 Å². The molecule has 0 radical (unpaired) electrons. The van der Waals surface area contributed by atoms with Crippen LogP contribution in [0.15, 0.2) is 24.3 Å². The molecular formula is C18H24N2O5. The SMILES string of the molecule is COC(=O)CCC(=O)N1CCC(NC(=O)c2ccccc2OC)CC1. The lowest BCUT2D eigenvalue weighted by Crippen LogP contribution is -2.46. The number of nitrogens with one attached hydrogen (secondary N) is 1. The van der Waals surface area contributed by atoms with Crippen LogP contribution in [-0.2, 0) is 14.3 Å². The maximum atomic E-state index is 12.4. The molecule has 0 aliphatic carbocycles. The summed E-state index contributed by atoms with van der Waals surface area (Å²) in [6.07, 6.45) is 1.63. The Morgan fingerprint density at radius 1 is 1.12 bits per heavy atom. The summed E-state index contributed by atoms with van der Waals surface area (Å²) in [6, 6.07) is 7.09. The summed E-state index contributed by atoms with van der Waals surface area (Å²) in [5.41, 5.74) is 0.501. The second-order valence-electron chi connectivity index (χ2n) is 5.90. The van der Waals surface area contributed by atoms with E-state index in [1.807, 2.05) is 6.07 Å². The molecule has 0 bridgehead atoms. The molecule has 7 nitrogen and oxygen atoms in total. The highest BCUT2D eigenvalue weighted by atomic mass is 16.5. The molecule has 1 fully saturated rings. The standard InChI is InChI=1S/C18H24N2O5/c1-24-15-6-4-3-5-14(15)18(23)19-13-9-11-20(12-10-13)16(21)7-8-17(22)25-2/h3-6,13H,7-12H2,1-2H3,(H,19,23). The van der Waals surface area contributed by atoms with E-state index in [0.29, 0.717) is 37.2 Å². The van der Waals surface area contributed by atoms with E-state index in [1.165, 1.54) is 14.2 Å². The first-order valence-corrected chi connectivity index (χ1v) is 8.33. The van der Waals surface area contributed by atoms with Crippen LogP contribution in [0.25, 0.3) is 0 Å². The second kappa shape index (κ2) is 9.05. The van der Waals surface area contributed by atoms with Crippen LogP contribution in [0, 0.1) is 0 Å². The van der Waals surface area contributed by atoms with Crippen LogP contribution in [0.5, 0.6) is 5.75 Å². The predicted molar refractivity (Wildman–Crippen MR) is 91.3 cm³/mol. The van der Waals surface area contributed by atoms with Gasteiger partial charge in [-0.1, -0.05) is 12.1 Å². The van der Waals surface area contributed by atoms with Gasteiger partial charge in [0.2, 0.25) is 5.91 Å². The van der Waals surface area contributed by atoms with Crippen molar-refractivity contribution in [1.29, 1.82) is 0 Å². The third-order valence-corrected chi connectivity index (χ3v) is 4.31. The maximum Gasteiger partial charge on any atom is 0.306 e. The van der Waals surface area contributed by atoms with Gasteiger partial charge in [0.1, 0.15) is 5.75 Å². The minimum atomic E-state index is -0.382. The number of hydrogen-bond donors (Lipinski definition) is 1. The number of benzene rings is 1. The summed E-state index contributed by atoms with van der Waals surface area (Å²) in [5.74, 6) is -0.0736. The maximum absolute atomic E-state index is 12.4. The minimum absolute atomic E-state index is 0.0158. The van der Waals surface area contributed by atoms with Crippen LogP contribution in [0.3, 0.4) is 0 Å². The number of methoxy groups -OCH3 is 2. The molecule has 25 heavy (non-hydrogen) atoms. The minimum Gasteiger partial charge on any atom is -0.496 e. The number of hydrogen-bond acceptors (Lipinski definition) is 5. The van der Waals surface area contributed by atoms with E-state index in [0.717, 1.165) is 0 Å². The van der Waals surface area contributed by atoms with Gasteiger partial charge in [0.05, 0.1) is 26.2 Å². The van der Waals surface area contributed by atoms with Crippen molar-refractivity contribution in [2.24, 2.45) is 0 Å². The number of esters is 1. The molecule has 1 aromatic carbocycles. The highest BCUT2D eigenvalue weighted by Gasteiger charge is 2.25. The molecule has 0 spiro atoms. The Morgan fingerprint density at radius 2 is 1.80 bits per heavy atom. The van der Waals surface area contributed by atoms with E-state index in [2.05, 4.69) is 10.1 Å². The molecule has 2 rings (SSSR count). The zero-order chi connectivity index (χ0) is 18.2. The Labute approximate surface area is 147 Å². The molecule has 1 saturated heterocycles. The Morgan fingerprint density at radius 3 is 2.44 bits per heavy atom. The summed E-state index contributed by atoms with van der Waals surface area (Å²) in [6.45, 7) is 1.13. The van der Waals surface area contributed by atoms with Crippen molar-refractivity contribution in [2.75, 3.05) is 27.3 Å². The van der Waals surface area contributed by atoms with Gasteiger partial charge in [0.15, 0.2) is 0 Å². The number of para-hydroxylation sites is 1. The number of carbonyl (C=O) groups is 3. The second-order valence-corrected chi connectivity index (χ2v) is 5.90. The van der Waals surface area contributed by atoms with Gasteiger partial charge in [0.25, 0.3) is 5.91 Å². The van der Waals surface area contributed by atoms with Gasteiger partial charge >= 0.3 is 5.97 Å². The van der Waals surface area contributed by atoms with Crippen LogP contribution < -0.4 is 10.1 Å². The third-order valence-electron chi connectivity index (χ3n) is 4.31. The topological polar surface area (TPSA) is 84.9 Å². The summed E-state index contributed by atoms with van der Waals surface area (Å²) >= 11 is 0. The number of rotatable bonds is 6. The van der Waals surface area contributed by atoms with E-state index < -0.39 is 0 Å². The quantitative estimate of drug-likeness (QED) is 0.785. The molecule has 1 aliphatic heterocycles. The summed E-state index contributed by atoms with van der Waals surface area (Å²) in [7, 11) is 2.84. The fraction of sp³-hybridized carbons (Fsp3) is 0.500. The molecule has 0 saturated carbocycles. The first-order chi connectivity index (χ1) is 12.0. The van der Waals surface area contributed by atoms with Crippen molar-refractivity contribution in [3.05, 3.63) is 29.8 Å². The zero-order valence-corrected chi connectivity index (χ0v) is 14.6. The van der Waals surface area contributed by atoms with Gasteiger partial charge in [-0.05, 0) is 25.0 Å². The number of carbonyl (C=O) groups excluding carboxylic acids is 3. The Hall–Kier alpha value is -2.57. The van der Waals surface area contributed by atoms with Crippen molar-refractivity contribution < 1.29 is 23.9 Å². The normalized spacial score (nSPS) is 14.7. The fourth-order valence-electron chi connectivity index (χ4n) is 2.84. The molecule has 1 aliphatic rings. The van der Waals surface area contributed by atoms with Crippen LogP contribution in [-0.4, -0.2) is 56.0 Å². The molecule has 0 unspecified atom stereocenters. The van der Waals surface area contributed by atoms with Crippen molar-refractivity contribution in [1.82, 2.24) is 10.2 Å². The zero-order valence-electron chi connectivity index (χ0n) is 14.6. The van der Waals surface area contributed by atoms with Gasteiger partial charge in [-0.25, -0.2) is 0 Å². The summed E-state index contributed by atoms with van der Waals surface area (Å²) in [5, 5.41) is 3.00. The van der Waals surface area contributed by atoms with Gasteiger partial charge in [-0.3, -0.25) is 14.4 Å². The molecule has 7 heteroatoms. The van der Waals surface area contributed by atoms with Gasteiger partial charge in [0, 0.05) is 25.6 Å². The summed E-state index contributed by atoms with van der Waals surface area (Å²) in [4.78, 5) is 37.3. The van der Waals surface area contributed by atoms with Gasteiger partial charge < -0.3 is 19.7 Å². The molecule has 1 N–H and O–H groups in total. The Balaban J connectivity index is 1.81. The van der Waals surface area contributed by atoms with Gasteiger partial charge in [-0.2, -0.15) is 0 Å². The van der Waals surface area contributed by atoms with Crippen molar-refractivity contribution in [3.63, 3.8) is 0 Å². The van der Waals surface area contributed by atoms with Crippen molar-refractivity contribution >= 4 is 17.8 Å². The molecule has 2 amide bonds. The fourth-order valence-corrected chi connectivity index (χ4v) is 2.84. The number of amides is 2. The largest absolute Gasteiger partial charge is 0.496 e. The predicted octanol–water partition coefficient (Wildman–Crippen LogP) is 1.37. The first-order valence-electron chi connectivity index (χ1n) is 8.33.